The molecule has 0 aromatic heterocycles. The fourth-order valence-electron chi connectivity index (χ4n) is 3.46. The van der Waals surface area contributed by atoms with Crippen LogP contribution < -0.4 is 5.32 Å². The maximum absolute atomic E-state index is 12.3. The van der Waals surface area contributed by atoms with Gasteiger partial charge in [0.05, 0.1) is 17.9 Å². The molecule has 10 nitrogen and oxygen atoms in total. The van der Waals surface area contributed by atoms with E-state index in [-0.39, 0.29) is 49.6 Å². The van der Waals surface area contributed by atoms with Crippen LogP contribution in [0.5, 0.6) is 0 Å². The number of hydrogen-bond acceptors (Lipinski definition) is 8. The molecule has 0 aromatic rings. The number of ketones is 2. The lowest BCUT2D eigenvalue weighted by atomic mass is 9.97. The number of carbonyl (C=O) groups is 6. The minimum Gasteiger partial charge on any atom is -0.375 e. The highest BCUT2D eigenvalue weighted by molar-refractivity contribution is 6.18. The molecular weight excluding hydrogens is 432 g/mol. The molecule has 0 saturated carbocycles. The van der Waals surface area contributed by atoms with Gasteiger partial charge < -0.3 is 14.9 Å². The summed E-state index contributed by atoms with van der Waals surface area (Å²) in [6.07, 6.45) is 3.61. The van der Waals surface area contributed by atoms with E-state index in [1.807, 2.05) is 27.7 Å². The van der Waals surface area contributed by atoms with Crippen molar-refractivity contribution in [2.45, 2.75) is 83.8 Å². The first-order chi connectivity index (χ1) is 15.3. The second-order valence-electron chi connectivity index (χ2n) is 9.56. The van der Waals surface area contributed by atoms with E-state index in [0.717, 1.165) is 0 Å². The molecule has 1 aliphatic heterocycles. The zero-order valence-electron chi connectivity index (χ0n) is 19.6. The predicted octanol–water partition coefficient (Wildman–Crippen LogP) is 1.56. The van der Waals surface area contributed by atoms with Crippen molar-refractivity contribution in [1.29, 1.82) is 0 Å². The molecule has 0 atom stereocenters. The zero-order valence-corrected chi connectivity index (χ0v) is 19.6. The van der Waals surface area contributed by atoms with Gasteiger partial charge in [-0.2, -0.15) is 0 Å². The lowest BCUT2D eigenvalue weighted by Crippen LogP contribution is -2.45. The highest BCUT2D eigenvalue weighted by Crippen LogP contribution is 2.21. The van der Waals surface area contributed by atoms with E-state index >= 15 is 0 Å². The molecule has 0 aromatic carbocycles. The average molecular weight is 465 g/mol. The van der Waals surface area contributed by atoms with E-state index in [2.05, 4.69) is 5.32 Å². The molecule has 182 valence electrons. The van der Waals surface area contributed by atoms with Gasteiger partial charge in [0.1, 0.15) is 0 Å². The molecule has 33 heavy (non-hydrogen) atoms. The SMILES string of the molecule is CC(C)(CCOC(C)(C)CCC(=O)ON1C(=O)CCC1=O)NC(=O)CCC1C(=O)C=CC1=O. The molecule has 0 spiro atoms. The van der Waals surface area contributed by atoms with Crippen molar-refractivity contribution in [1.82, 2.24) is 10.4 Å². The van der Waals surface area contributed by atoms with Crippen LogP contribution >= 0.6 is 0 Å². The molecule has 1 saturated heterocycles. The van der Waals surface area contributed by atoms with Crippen molar-refractivity contribution < 1.29 is 38.3 Å². The zero-order chi connectivity index (χ0) is 24.8. The number of rotatable bonds is 12. The lowest BCUT2D eigenvalue weighted by molar-refractivity contribution is -0.198. The van der Waals surface area contributed by atoms with Crippen LogP contribution in [-0.4, -0.2) is 58.1 Å². The first-order valence-corrected chi connectivity index (χ1v) is 11.1. The monoisotopic (exact) mass is 464 g/mol. The van der Waals surface area contributed by atoms with E-state index < -0.39 is 34.8 Å². The van der Waals surface area contributed by atoms with Crippen molar-refractivity contribution in [2.24, 2.45) is 5.92 Å². The lowest BCUT2D eigenvalue weighted by Gasteiger charge is -2.30. The minimum atomic E-state index is -0.753. The second-order valence-corrected chi connectivity index (χ2v) is 9.56. The fourth-order valence-corrected chi connectivity index (χ4v) is 3.46. The topological polar surface area (TPSA) is 136 Å². The number of nitrogens with zero attached hydrogens (tertiary/aromatic N) is 1. The molecule has 2 rings (SSSR count). The Morgan fingerprint density at radius 2 is 1.55 bits per heavy atom. The van der Waals surface area contributed by atoms with Crippen LogP contribution in [0.4, 0.5) is 0 Å². The Balaban J connectivity index is 1.67. The van der Waals surface area contributed by atoms with Gasteiger partial charge in [-0.1, -0.05) is 0 Å². The average Bonchev–Trinajstić information content (AvgIpc) is 3.19. The fraction of sp³-hybridized carbons (Fsp3) is 0.652. The van der Waals surface area contributed by atoms with E-state index in [1.54, 1.807) is 0 Å². The third-order valence-corrected chi connectivity index (χ3v) is 5.59. The van der Waals surface area contributed by atoms with Crippen LogP contribution in [0.25, 0.3) is 0 Å². The van der Waals surface area contributed by atoms with Gasteiger partial charge in [-0.15, -0.1) is 5.06 Å². The first-order valence-electron chi connectivity index (χ1n) is 11.1. The minimum absolute atomic E-state index is 0.0301. The summed E-state index contributed by atoms with van der Waals surface area (Å²) < 4.78 is 5.87. The molecule has 1 N–H and O–H groups in total. The van der Waals surface area contributed by atoms with E-state index in [0.29, 0.717) is 24.5 Å². The molecule has 0 radical (unpaired) electrons. The summed E-state index contributed by atoms with van der Waals surface area (Å²) >= 11 is 0. The van der Waals surface area contributed by atoms with E-state index in [1.165, 1.54) is 12.2 Å². The van der Waals surface area contributed by atoms with Crippen LogP contribution in [0, 0.1) is 5.92 Å². The number of imide groups is 1. The Kier molecular flexibility index (Phi) is 8.65. The summed E-state index contributed by atoms with van der Waals surface area (Å²) in [5, 5.41) is 3.41. The van der Waals surface area contributed by atoms with Crippen molar-refractivity contribution in [3.05, 3.63) is 12.2 Å². The summed E-state index contributed by atoms with van der Waals surface area (Å²) in [6.45, 7) is 7.61. The molecule has 2 aliphatic rings. The summed E-state index contributed by atoms with van der Waals surface area (Å²) in [6, 6.07) is 0. The van der Waals surface area contributed by atoms with Crippen LogP contribution in [0.15, 0.2) is 12.2 Å². The largest absolute Gasteiger partial charge is 0.375 e. The van der Waals surface area contributed by atoms with Crippen LogP contribution in [0.3, 0.4) is 0 Å². The Morgan fingerprint density at radius 1 is 0.970 bits per heavy atom. The van der Waals surface area contributed by atoms with Gasteiger partial charge in [0.25, 0.3) is 11.8 Å². The van der Waals surface area contributed by atoms with Gasteiger partial charge in [-0.3, -0.25) is 24.0 Å². The van der Waals surface area contributed by atoms with Crippen molar-refractivity contribution >= 4 is 35.3 Å². The molecule has 3 amide bonds. The normalized spacial score (nSPS) is 17.3. The highest BCUT2D eigenvalue weighted by Gasteiger charge is 2.33. The van der Waals surface area contributed by atoms with Crippen LogP contribution in [-0.2, 0) is 38.3 Å². The smallest absolute Gasteiger partial charge is 0.333 e. The van der Waals surface area contributed by atoms with Gasteiger partial charge >= 0.3 is 5.97 Å². The molecule has 1 fully saturated rings. The first kappa shape index (κ1) is 26.4. The molecule has 10 heteroatoms. The van der Waals surface area contributed by atoms with Crippen molar-refractivity contribution in [2.75, 3.05) is 6.61 Å². The van der Waals surface area contributed by atoms with Gasteiger partial charge in [0, 0.05) is 31.4 Å². The summed E-state index contributed by atoms with van der Waals surface area (Å²) in [5.74, 6) is -3.25. The van der Waals surface area contributed by atoms with Crippen LogP contribution in [0.1, 0.15) is 72.6 Å². The summed E-state index contributed by atoms with van der Waals surface area (Å²) in [4.78, 5) is 75.3. The van der Waals surface area contributed by atoms with Crippen molar-refractivity contribution in [3.63, 3.8) is 0 Å². The van der Waals surface area contributed by atoms with E-state index in [4.69, 9.17) is 9.57 Å². The van der Waals surface area contributed by atoms with Crippen LogP contribution in [0.2, 0.25) is 0 Å². The number of hydrogen-bond donors (Lipinski definition) is 1. The number of nitrogens with one attached hydrogen (secondary N) is 1. The Hall–Kier alpha value is -2.88. The number of carbonyl (C=O) groups excluding carboxylic acids is 6. The Bertz CT molecular complexity index is 825. The van der Waals surface area contributed by atoms with Gasteiger partial charge in [0.15, 0.2) is 11.6 Å². The van der Waals surface area contributed by atoms with Gasteiger partial charge in [-0.25, -0.2) is 4.79 Å². The maximum Gasteiger partial charge on any atom is 0.333 e. The molecule has 0 bridgehead atoms. The van der Waals surface area contributed by atoms with E-state index in [9.17, 15) is 28.8 Å². The standard InChI is InChI=1S/C23H32N2O8/c1-22(2,24-18(28)8-5-15-16(26)6-7-17(15)27)13-14-32-23(3,4)12-11-21(31)33-25-19(29)9-10-20(25)30/h6-7,15H,5,8-14H2,1-4H3,(H,24,28). The molecule has 1 aliphatic carbocycles. The Labute approximate surface area is 193 Å². The summed E-state index contributed by atoms with van der Waals surface area (Å²) in [5.41, 5.74) is -1.25. The molecular formula is C23H32N2O8. The number of hydroxylamine groups is 2. The highest BCUT2D eigenvalue weighted by atomic mass is 16.7. The maximum atomic E-state index is 12.3. The summed E-state index contributed by atoms with van der Waals surface area (Å²) in [7, 11) is 0. The molecule has 1 heterocycles. The molecule has 0 unspecified atom stereocenters. The quantitative estimate of drug-likeness (QED) is 0.339. The number of amides is 3. The Morgan fingerprint density at radius 3 is 2.12 bits per heavy atom. The predicted molar refractivity (Wildman–Crippen MR) is 115 cm³/mol. The third kappa shape index (κ3) is 8.20. The number of allylic oxidation sites excluding steroid dienone is 2. The third-order valence-electron chi connectivity index (χ3n) is 5.59. The van der Waals surface area contributed by atoms with Gasteiger partial charge in [-0.05, 0) is 59.1 Å². The number of ether oxygens (including phenoxy) is 1. The second kappa shape index (κ2) is 10.8. The van der Waals surface area contributed by atoms with Gasteiger partial charge in [0.2, 0.25) is 5.91 Å². The van der Waals surface area contributed by atoms with Crippen molar-refractivity contribution in [3.8, 4) is 0 Å².